The molecule has 1 rings (SSSR count). The Morgan fingerprint density at radius 2 is 2.11 bits per heavy atom. The van der Waals surface area contributed by atoms with Gasteiger partial charge in [-0.2, -0.15) is 11.8 Å². The maximum absolute atomic E-state index is 11.6. The molecule has 2 N–H and O–H groups in total. The number of nitrogens with one attached hydrogen (secondary N) is 1. The van der Waals surface area contributed by atoms with E-state index in [2.05, 4.69) is 15.2 Å². The van der Waals surface area contributed by atoms with Gasteiger partial charge in [0.25, 0.3) is 0 Å². The predicted molar refractivity (Wildman–Crippen MR) is 73.6 cm³/mol. The van der Waals surface area contributed by atoms with E-state index in [0.717, 1.165) is 12.8 Å². The van der Waals surface area contributed by atoms with Gasteiger partial charge in [-0.3, -0.25) is 4.79 Å². The van der Waals surface area contributed by atoms with Crippen molar-refractivity contribution in [3.63, 3.8) is 0 Å². The van der Waals surface area contributed by atoms with Gasteiger partial charge in [0, 0.05) is 24.0 Å². The molecule has 0 radical (unpaired) electrons. The van der Waals surface area contributed by atoms with Crippen LogP contribution in [0.3, 0.4) is 0 Å². The van der Waals surface area contributed by atoms with Crippen LogP contribution in [-0.2, 0) is 14.3 Å². The molecule has 0 heterocycles. The minimum atomic E-state index is -0.648. The van der Waals surface area contributed by atoms with E-state index in [1.807, 2.05) is 0 Å². The Balaban J connectivity index is 2.12. The van der Waals surface area contributed by atoms with E-state index in [1.165, 1.54) is 31.7 Å². The van der Waals surface area contributed by atoms with Gasteiger partial charge in [0.15, 0.2) is 5.71 Å². The van der Waals surface area contributed by atoms with Crippen LogP contribution in [0.5, 0.6) is 0 Å². The second-order valence-electron chi connectivity index (χ2n) is 4.39. The average molecular weight is 288 g/mol. The summed E-state index contributed by atoms with van der Waals surface area (Å²) < 4.78 is 4.45. The van der Waals surface area contributed by atoms with E-state index in [9.17, 15) is 9.59 Å². The third-order valence-electron chi connectivity index (χ3n) is 2.97. The van der Waals surface area contributed by atoms with Gasteiger partial charge < -0.3 is 15.3 Å². The lowest BCUT2D eigenvalue weighted by Gasteiger charge is -2.11. The van der Waals surface area contributed by atoms with Crippen LogP contribution in [0.25, 0.3) is 0 Å². The minimum absolute atomic E-state index is 0.0382. The maximum Gasteiger partial charge on any atom is 0.356 e. The second-order valence-corrected chi connectivity index (χ2v) is 5.49. The van der Waals surface area contributed by atoms with E-state index < -0.39 is 5.97 Å². The summed E-state index contributed by atoms with van der Waals surface area (Å²) in [6.07, 6.45) is 4.93. The molecule has 0 aromatic carbocycles. The van der Waals surface area contributed by atoms with Gasteiger partial charge in [-0.25, -0.2) is 4.79 Å². The van der Waals surface area contributed by atoms with Crippen molar-refractivity contribution in [2.24, 2.45) is 5.16 Å². The van der Waals surface area contributed by atoms with Crippen molar-refractivity contribution in [2.45, 2.75) is 38.1 Å². The monoisotopic (exact) mass is 288 g/mol. The van der Waals surface area contributed by atoms with Crippen molar-refractivity contribution >= 4 is 29.4 Å². The van der Waals surface area contributed by atoms with Crippen LogP contribution in [0.4, 0.5) is 0 Å². The summed E-state index contributed by atoms with van der Waals surface area (Å²) in [6.45, 7) is 0. The van der Waals surface area contributed by atoms with Crippen LogP contribution in [-0.4, -0.2) is 47.5 Å². The molecule has 0 saturated heterocycles. The molecule has 7 heteroatoms. The van der Waals surface area contributed by atoms with Gasteiger partial charge in [-0.1, -0.05) is 18.0 Å². The normalized spacial score (nSPS) is 16.4. The molecule has 1 aliphatic rings. The highest BCUT2D eigenvalue weighted by molar-refractivity contribution is 8.00. The number of carbonyl (C=O) groups is 2. The molecular formula is C12H20N2O4S. The first kappa shape index (κ1) is 15.8. The van der Waals surface area contributed by atoms with E-state index in [1.54, 1.807) is 0 Å². The second kappa shape index (κ2) is 8.79. The highest BCUT2D eigenvalue weighted by atomic mass is 32.2. The predicted octanol–water partition coefficient (Wildman–Crippen LogP) is 1.17. The first-order valence-corrected chi connectivity index (χ1v) is 7.49. The average Bonchev–Trinajstić information content (AvgIpc) is 2.90. The molecular weight excluding hydrogens is 268 g/mol. The smallest absolute Gasteiger partial charge is 0.356 e. The van der Waals surface area contributed by atoms with Crippen molar-refractivity contribution in [1.29, 1.82) is 0 Å². The Morgan fingerprint density at radius 1 is 1.42 bits per heavy atom. The lowest BCUT2D eigenvalue weighted by molar-refractivity contribution is -0.132. The van der Waals surface area contributed by atoms with Crippen molar-refractivity contribution in [3.05, 3.63) is 0 Å². The Labute approximate surface area is 117 Å². The molecule has 0 spiro atoms. The van der Waals surface area contributed by atoms with Gasteiger partial charge in [0.05, 0.1) is 7.11 Å². The fourth-order valence-corrected chi connectivity index (χ4v) is 2.79. The van der Waals surface area contributed by atoms with Gasteiger partial charge >= 0.3 is 5.97 Å². The highest BCUT2D eigenvalue weighted by Gasteiger charge is 2.17. The molecule has 0 atom stereocenters. The molecule has 1 fully saturated rings. The minimum Gasteiger partial charge on any atom is -0.464 e. The number of hydrogen-bond donors (Lipinski definition) is 2. The van der Waals surface area contributed by atoms with E-state index in [-0.39, 0.29) is 17.4 Å². The Hall–Kier alpha value is -1.24. The Bertz CT molecular complexity index is 341. The lowest BCUT2D eigenvalue weighted by atomic mass is 10.2. The standard InChI is InChI=1S/C12H20N2O4S/c1-18-12(16)10(14-17)8-19-7-6-11(15)13-9-4-2-3-5-9/h9,17H,2-8H2,1H3,(H,13,15)/b14-10+. The largest absolute Gasteiger partial charge is 0.464 e. The quantitative estimate of drug-likeness (QED) is 0.241. The van der Waals surface area contributed by atoms with Crippen molar-refractivity contribution in [2.75, 3.05) is 18.6 Å². The number of methoxy groups -OCH3 is 1. The van der Waals surface area contributed by atoms with Crippen LogP contribution in [0, 0.1) is 0 Å². The fraction of sp³-hybridized carbons (Fsp3) is 0.750. The fourth-order valence-electron chi connectivity index (χ4n) is 1.95. The van der Waals surface area contributed by atoms with Gasteiger partial charge in [-0.15, -0.1) is 0 Å². The first-order valence-electron chi connectivity index (χ1n) is 6.33. The number of thioether (sulfide) groups is 1. The Morgan fingerprint density at radius 3 is 2.68 bits per heavy atom. The highest BCUT2D eigenvalue weighted by Crippen LogP contribution is 2.17. The van der Waals surface area contributed by atoms with Crippen molar-refractivity contribution in [1.82, 2.24) is 5.32 Å². The number of rotatable bonds is 7. The molecule has 0 aromatic heterocycles. The van der Waals surface area contributed by atoms with E-state index in [0.29, 0.717) is 18.2 Å². The van der Waals surface area contributed by atoms with E-state index >= 15 is 0 Å². The summed E-state index contributed by atoms with van der Waals surface area (Å²) in [5.74, 6) is 0.208. The third-order valence-corrected chi connectivity index (χ3v) is 3.94. The maximum atomic E-state index is 11.6. The molecule has 1 amide bonds. The summed E-state index contributed by atoms with van der Waals surface area (Å²) in [5, 5.41) is 14.5. The zero-order valence-corrected chi connectivity index (χ0v) is 11.9. The molecule has 0 bridgehead atoms. The molecule has 0 aromatic rings. The van der Waals surface area contributed by atoms with Gasteiger partial charge in [0.2, 0.25) is 5.91 Å². The summed E-state index contributed by atoms with van der Waals surface area (Å²) >= 11 is 1.36. The van der Waals surface area contributed by atoms with Gasteiger partial charge in [0.1, 0.15) is 0 Å². The van der Waals surface area contributed by atoms with Crippen LogP contribution >= 0.6 is 11.8 Å². The molecule has 6 nitrogen and oxygen atoms in total. The van der Waals surface area contributed by atoms with Crippen LogP contribution in [0.1, 0.15) is 32.1 Å². The number of hydrogen-bond acceptors (Lipinski definition) is 6. The number of oxime groups is 1. The number of nitrogens with zero attached hydrogens (tertiary/aromatic N) is 1. The van der Waals surface area contributed by atoms with Crippen LogP contribution < -0.4 is 5.32 Å². The summed E-state index contributed by atoms with van der Waals surface area (Å²) in [6, 6.07) is 0.335. The summed E-state index contributed by atoms with van der Waals surface area (Å²) in [7, 11) is 1.23. The molecule has 0 unspecified atom stereocenters. The molecule has 108 valence electrons. The third kappa shape index (κ3) is 5.96. The zero-order chi connectivity index (χ0) is 14.1. The molecule has 0 aliphatic heterocycles. The zero-order valence-electron chi connectivity index (χ0n) is 11.1. The van der Waals surface area contributed by atoms with Crippen LogP contribution in [0.15, 0.2) is 5.16 Å². The SMILES string of the molecule is COC(=O)/C(CSCCC(=O)NC1CCCC1)=N/O. The Kier molecular flexibility index (Phi) is 7.32. The number of esters is 1. The number of ether oxygens (including phenoxy) is 1. The summed E-state index contributed by atoms with van der Waals surface area (Å²) in [4.78, 5) is 22.7. The number of carbonyl (C=O) groups excluding carboxylic acids is 2. The molecule has 19 heavy (non-hydrogen) atoms. The van der Waals surface area contributed by atoms with Crippen molar-refractivity contribution in [3.8, 4) is 0 Å². The summed E-state index contributed by atoms with van der Waals surface area (Å²) in [5.41, 5.74) is -0.0382. The van der Waals surface area contributed by atoms with E-state index in [4.69, 9.17) is 5.21 Å². The number of amides is 1. The topological polar surface area (TPSA) is 88.0 Å². The first-order chi connectivity index (χ1) is 9.17. The van der Waals surface area contributed by atoms with Crippen molar-refractivity contribution < 1.29 is 19.5 Å². The molecule has 1 saturated carbocycles. The van der Waals surface area contributed by atoms with Crippen LogP contribution in [0.2, 0.25) is 0 Å². The molecule has 1 aliphatic carbocycles. The lowest BCUT2D eigenvalue weighted by Crippen LogP contribution is -2.32. The van der Waals surface area contributed by atoms with Gasteiger partial charge in [-0.05, 0) is 12.8 Å².